The zero-order valence-corrected chi connectivity index (χ0v) is 18.5. The third-order valence-corrected chi connectivity index (χ3v) is 5.89. The highest BCUT2D eigenvalue weighted by molar-refractivity contribution is 5.96. The Hall–Kier alpha value is -3.61. The Labute approximate surface area is 187 Å². The molecule has 32 heavy (non-hydrogen) atoms. The van der Waals surface area contributed by atoms with E-state index >= 15 is 0 Å². The van der Waals surface area contributed by atoms with Crippen LogP contribution in [0.3, 0.4) is 0 Å². The van der Waals surface area contributed by atoms with Crippen LogP contribution in [0, 0.1) is 13.8 Å². The average molecular weight is 433 g/mol. The van der Waals surface area contributed by atoms with Gasteiger partial charge in [-0.3, -0.25) is 14.4 Å². The van der Waals surface area contributed by atoms with Crippen LogP contribution >= 0.6 is 0 Å². The molecule has 0 saturated carbocycles. The van der Waals surface area contributed by atoms with Crippen molar-refractivity contribution in [3.05, 3.63) is 70.9 Å². The number of aromatic nitrogens is 1. The number of amides is 3. The first-order chi connectivity index (χ1) is 15.4. The number of hydrogen-bond acceptors (Lipinski definition) is 3. The summed E-state index contributed by atoms with van der Waals surface area (Å²) in [6, 6.07) is 13.6. The number of H-pyrrole nitrogens is 1. The second-order valence-corrected chi connectivity index (χ2v) is 8.36. The Kier molecular flexibility index (Phi) is 6.25. The highest BCUT2D eigenvalue weighted by atomic mass is 16.2. The van der Waals surface area contributed by atoms with Crippen molar-refractivity contribution >= 4 is 28.6 Å². The molecule has 166 valence electrons. The van der Waals surface area contributed by atoms with Crippen LogP contribution in [0.25, 0.3) is 10.9 Å². The van der Waals surface area contributed by atoms with Crippen LogP contribution in [0.2, 0.25) is 0 Å². The number of hydrogen-bond donors (Lipinski definition) is 2. The molecular formula is C25H28N4O3. The normalized spacial score (nSPS) is 13.9. The maximum absolute atomic E-state index is 12.8. The number of benzene rings is 2. The number of carbonyl (C=O) groups excluding carboxylic acids is 3. The van der Waals surface area contributed by atoms with E-state index in [2.05, 4.69) is 10.3 Å². The molecule has 3 aromatic rings. The lowest BCUT2D eigenvalue weighted by Gasteiger charge is -2.35. The molecule has 0 unspecified atom stereocenters. The second-order valence-electron chi connectivity index (χ2n) is 8.36. The summed E-state index contributed by atoms with van der Waals surface area (Å²) in [6.45, 7) is 5.77. The first kappa shape index (κ1) is 21.6. The molecule has 3 amide bonds. The summed E-state index contributed by atoms with van der Waals surface area (Å²) in [5.74, 6) is -0.325. The summed E-state index contributed by atoms with van der Waals surface area (Å²) < 4.78 is 0. The number of nitrogens with one attached hydrogen (secondary N) is 2. The van der Waals surface area contributed by atoms with E-state index in [1.54, 1.807) is 9.80 Å². The number of nitrogens with zero attached hydrogens (tertiary/aromatic N) is 2. The molecule has 7 nitrogen and oxygen atoms in total. The standard InChI is InChI=1S/C25H28N4O3/c1-17-11-18(2)13-19(12-17)25(32)27-16-24(31)29-9-7-28(8-10-29)23(30)14-20-15-26-22-6-4-3-5-21(20)22/h3-6,11-13,15,26H,7-10,14,16H2,1-2H3,(H,27,32). The zero-order chi connectivity index (χ0) is 22.7. The number of para-hydroxylation sites is 1. The molecule has 2 heterocycles. The van der Waals surface area contributed by atoms with Crippen molar-refractivity contribution in [1.82, 2.24) is 20.1 Å². The van der Waals surface area contributed by atoms with E-state index in [9.17, 15) is 14.4 Å². The maximum atomic E-state index is 12.8. The summed E-state index contributed by atoms with van der Waals surface area (Å²) in [6.07, 6.45) is 2.23. The third kappa shape index (κ3) is 4.82. The highest BCUT2D eigenvalue weighted by Crippen LogP contribution is 2.19. The molecule has 2 aromatic carbocycles. The maximum Gasteiger partial charge on any atom is 0.251 e. The van der Waals surface area contributed by atoms with Crippen LogP contribution in [0.15, 0.2) is 48.7 Å². The van der Waals surface area contributed by atoms with Crippen LogP contribution < -0.4 is 5.32 Å². The molecule has 1 aliphatic rings. The van der Waals surface area contributed by atoms with Crippen molar-refractivity contribution in [2.24, 2.45) is 0 Å². The summed E-state index contributed by atoms with van der Waals surface area (Å²) in [4.78, 5) is 44.4. The number of aryl methyl sites for hydroxylation is 2. The minimum Gasteiger partial charge on any atom is -0.361 e. The van der Waals surface area contributed by atoms with Crippen molar-refractivity contribution < 1.29 is 14.4 Å². The van der Waals surface area contributed by atoms with Gasteiger partial charge in [0.25, 0.3) is 5.91 Å². The average Bonchev–Trinajstić information content (AvgIpc) is 3.19. The quantitative estimate of drug-likeness (QED) is 0.649. The van der Waals surface area contributed by atoms with E-state index in [1.807, 2.05) is 62.5 Å². The van der Waals surface area contributed by atoms with Crippen molar-refractivity contribution in [1.29, 1.82) is 0 Å². The molecule has 0 aliphatic carbocycles. The van der Waals surface area contributed by atoms with Crippen molar-refractivity contribution in [3.8, 4) is 0 Å². The lowest BCUT2D eigenvalue weighted by atomic mass is 10.1. The Morgan fingerprint density at radius 3 is 2.22 bits per heavy atom. The molecule has 0 bridgehead atoms. The van der Waals surface area contributed by atoms with Gasteiger partial charge in [0.15, 0.2) is 0 Å². The van der Waals surface area contributed by atoms with Crippen LogP contribution in [-0.2, 0) is 16.0 Å². The Bertz CT molecular complexity index is 1140. The lowest BCUT2D eigenvalue weighted by molar-refractivity contribution is -0.138. The fourth-order valence-electron chi connectivity index (χ4n) is 4.23. The van der Waals surface area contributed by atoms with Gasteiger partial charge in [0, 0.05) is 48.8 Å². The molecule has 1 aliphatic heterocycles. The van der Waals surface area contributed by atoms with Gasteiger partial charge >= 0.3 is 0 Å². The molecule has 0 radical (unpaired) electrons. The van der Waals surface area contributed by atoms with Gasteiger partial charge in [-0.15, -0.1) is 0 Å². The smallest absolute Gasteiger partial charge is 0.251 e. The van der Waals surface area contributed by atoms with Gasteiger partial charge in [-0.25, -0.2) is 0 Å². The first-order valence-electron chi connectivity index (χ1n) is 10.9. The summed E-state index contributed by atoms with van der Waals surface area (Å²) in [5, 5.41) is 3.78. The van der Waals surface area contributed by atoms with Gasteiger partial charge in [-0.1, -0.05) is 35.4 Å². The fraction of sp³-hybridized carbons (Fsp3) is 0.320. The summed E-state index contributed by atoms with van der Waals surface area (Å²) >= 11 is 0. The number of rotatable bonds is 5. The van der Waals surface area contributed by atoms with Crippen molar-refractivity contribution in [2.75, 3.05) is 32.7 Å². The number of carbonyl (C=O) groups is 3. The minimum atomic E-state index is -0.252. The van der Waals surface area contributed by atoms with Crippen LogP contribution in [0.4, 0.5) is 0 Å². The Balaban J connectivity index is 1.26. The molecule has 7 heteroatoms. The third-order valence-electron chi connectivity index (χ3n) is 5.89. The Morgan fingerprint density at radius 1 is 0.906 bits per heavy atom. The van der Waals surface area contributed by atoms with Gasteiger partial charge in [0.1, 0.15) is 0 Å². The lowest BCUT2D eigenvalue weighted by Crippen LogP contribution is -2.52. The van der Waals surface area contributed by atoms with Crippen LogP contribution in [0.5, 0.6) is 0 Å². The minimum absolute atomic E-state index is 0.0465. The van der Waals surface area contributed by atoms with E-state index in [0.29, 0.717) is 38.2 Å². The number of aromatic amines is 1. The molecular weight excluding hydrogens is 404 g/mol. The highest BCUT2D eigenvalue weighted by Gasteiger charge is 2.25. The second kappa shape index (κ2) is 9.26. The van der Waals surface area contributed by atoms with Gasteiger partial charge in [0.2, 0.25) is 11.8 Å². The van der Waals surface area contributed by atoms with Crippen molar-refractivity contribution in [2.45, 2.75) is 20.3 Å². The van der Waals surface area contributed by atoms with Gasteiger partial charge < -0.3 is 20.1 Å². The van der Waals surface area contributed by atoms with Gasteiger partial charge in [0.05, 0.1) is 13.0 Å². The van der Waals surface area contributed by atoms with Gasteiger partial charge in [-0.05, 0) is 37.6 Å². The summed E-state index contributed by atoms with van der Waals surface area (Å²) in [7, 11) is 0. The van der Waals surface area contributed by atoms with Crippen molar-refractivity contribution in [3.63, 3.8) is 0 Å². The number of fused-ring (bicyclic) bond motifs is 1. The van der Waals surface area contributed by atoms with E-state index in [0.717, 1.165) is 27.6 Å². The van der Waals surface area contributed by atoms with E-state index < -0.39 is 0 Å². The monoisotopic (exact) mass is 432 g/mol. The van der Waals surface area contributed by atoms with E-state index in [4.69, 9.17) is 0 Å². The van der Waals surface area contributed by atoms with Crippen LogP contribution in [0.1, 0.15) is 27.0 Å². The molecule has 2 N–H and O–H groups in total. The number of piperazine rings is 1. The fourth-order valence-corrected chi connectivity index (χ4v) is 4.23. The first-order valence-corrected chi connectivity index (χ1v) is 10.9. The molecule has 4 rings (SSSR count). The molecule has 0 spiro atoms. The topological polar surface area (TPSA) is 85.5 Å². The largest absolute Gasteiger partial charge is 0.361 e. The molecule has 1 fully saturated rings. The van der Waals surface area contributed by atoms with Gasteiger partial charge in [-0.2, -0.15) is 0 Å². The summed E-state index contributed by atoms with van der Waals surface area (Å²) in [5.41, 5.74) is 4.58. The molecule has 1 aromatic heterocycles. The van der Waals surface area contributed by atoms with Crippen LogP contribution in [-0.4, -0.2) is 65.2 Å². The SMILES string of the molecule is Cc1cc(C)cc(C(=O)NCC(=O)N2CCN(C(=O)Cc3c[nH]c4ccccc34)CC2)c1. The Morgan fingerprint density at radius 2 is 1.53 bits per heavy atom. The predicted octanol–water partition coefficient (Wildman–Crippen LogP) is 2.43. The predicted molar refractivity (Wildman–Crippen MR) is 123 cm³/mol. The zero-order valence-electron chi connectivity index (χ0n) is 18.5. The molecule has 1 saturated heterocycles. The molecule has 0 atom stereocenters. The van der Waals surface area contributed by atoms with E-state index in [1.165, 1.54) is 0 Å². The van der Waals surface area contributed by atoms with E-state index in [-0.39, 0.29) is 24.3 Å².